The minimum atomic E-state index is -0.230. The number of nitrogens with zero attached hydrogens (tertiary/aromatic N) is 2. The first-order valence-corrected chi connectivity index (χ1v) is 4.51. The van der Waals surface area contributed by atoms with Crippen molar-refractivity contribution < 1.29 is 5.11 Å². The third kappa shape index (κ3) is 2.02. The highest BCUT2D eigenvalue weighted by atomic mass is 35.5. The van der Waals surface area contributed by atoms with Crippen LogP contribution in [0.1, 0.15) is 23.7 Å². The Balaban J connectivity index is 2.98. The Hall–Kier alpha value is -0.580. The van der Waals surface area contributed by atoms with Crippen molar-refractivity contribution in [1.82, 2.24) is 9.78 Å². The molecule has 1 unspecified atom stereocenters. The molecular formula is C8H14ClN3O. The zero-order chi connectivity index (χ0) is 10.0. The number of aromatic nitrogens is 2. The van der Waals surface area contributed by atoms with Crippen LogP contribution in [0.2, 0.25) is 5.15 Å². The fourth-order valence-corrected chi connectivity index (χ4v) is 1.67. The van der Waals surface area contributed by atoms with Crippen LogP contribution < -0.4 is 5.73 Å². The highest BCUT2D eigenvalue weighted by Crippen LogP contribution is 2.25. The average Bonchev–Trinajstić information content (AvgIpc) is 2.27. The zero-order valence-corrected chi connectivity index (χ0v) is 8.54. The van der Waals surface area contributed by atoms with E-state index >= 15 is 0 Å². The molecule has 0 spiro atoms. The van der Waals surface area contributed by atoms with E-state index in [0.717, 1.165) is 11.3 Å². The summed E-state index contributed by atoms with van der Waals surface area (Å²) in [6.07, 6.45) is 0.506. The van der Waals surface area contributed by atoms with Gasteiger partial charge < -0.3 is 10.8 Å². The fraction of sp³-hybridized carbons (Fsp3) is 0.625. The monoisotopic (exact) mass is 203 g/mol. The van der Waals surface area contributed by atoms with Gasteiger partial charge in [-0.1, -0.05) is 11.6 Å². The Morgan fingerprint density at radius 2 is 2.31 bits per heavy atom. The molecule has 0 aliphatic heterocycles. The standard InChI is InChI=1S/C8H14ClN3O/c1-5-7(6(10)3-4-13)8(9)12(2)11-5/h6,13H,3-4,10H2,1-2H3. The number of rotatable bonds is 3. The number of hydrogen-bond donors (Lipinski definition) is 2. The number of halogens is 1. The third-order valence-corrected chi connectivity index (χ3v) is 2.46. The number of hydrogen-bond acceptors (Lipinski definition) is 3. The van der Waals surface area contributed by atoms with E-state index in [1.807, 2.05) is 6.92 Å². The van der Waals surface area contributed by atoms with Gasteiger partial charge in [-0.25, -0.2) is 0 Å². The first kappa shape index (κ1) is 10.5. The van der Waals surface area contributed by atoms with E-state index in [1.54, 1.807) is 11.7 Å². The number of aliphatic hydroxyl groups excluding tert-OH is 1. The van der Waals surface area contributed by atoms with Gasteiger partial charge in [-0.15, -0.1) is 0 Å². The van der Waals surface area contributed by atoms with Crippen molar-refractivity contribution in [3.05, 3.63) is 16.4 Å². The molecule has 0 bridgehead atoms. The van der Waals surface area contributed by atoms with Crippen molar-refractivity contribution in [2.45, 2.75) is 19.4 Å². The van der Waals surface area contributed by atoms with Crippen LogP contribution >= 0.6 is 11.6 Å². The molecule has 3 N–H and O–H groups in total. The van der Waals surface area contributed by atoms with Gasteiger partial charge in [0.15, 0.2) is 0 Å². The molecule has 0 saturated carbocycles. The Labute approximate surface area is 82.3 Å². The van der Waals surface area contributed by atoms with Crippen molar-refractivity contribution in [2.24, 2.45) is 12.8 Å². The summed E-state index contributed by atoms with van der Waals surface area (Å²) in [5.74, 6) is 0. The van der Waals surface area contributed by atoms with Crippen LogP contribution in [0.5, 0.6) is 0 Å². The summed E-state index contributed by atoms with van der Waals surface area (Å²) in [6.45, 7) is 1.92. The maximum absolute atomic E-state index is 8.74. The Bertz CT molecular complexity index is 298. The normalized spacial score (nSPS) is 13.3. The van der Waals surface area contributed by atoms with Crippen molar-refractivity contribution in [1.29, 1.82) is 0 Å². The minimum Gasteiger partial charge on any atom is -0.396 e. The van der Waals surface area contributed by atoms with Gasteiger partial charge in [0.2, 0.25) is 0 Å². The number of aliphatic hydroxyl groups is 1. The first-order chi connectivity index (χ1) is 6.07. The minimum absolute atomic E-state index is 0.0613. The van der Waals surface area contributed by atoms with Crippen LogP contribution in [0.15, 0.2) is 0 Å². The molecule has 13 heavy (non-hydrogen) atoms. The van der Waals surface area contributed by atoms with E-state index in [9.17, 15) is 0 Å². The van der Waals surface area contributed by atoms with Crippen LogP contribution in [0.4, 0.5) is 0 Å². The summed E-state index contributed by atoms with van der Waals surface area (Å²) >= 11 is 5.98. The highest BCUT2D eigenvalue weighted by Gasteiger charge is 2.17. The molecule has 1 aromatic heterocycles. The molecule has 0 amide bonds. The maximum atomic E-state index is 8.74. The average molecular weight is 204 g/mol. The van der Waals surface area contributed by atoms with E-state index in [2.05, 4.69) is 5.10 Å². The smallest absolute Gasteiger partial charge is 0.131 e. The summed E-state index contributed by atoms with van der Waals surface area (Å²) < 4.78 is 1.59. The second-order valence-corrected chi connectivity index (χ2v) is 3.39. The first-order valence-electron chi connectivity index (χ1n) is 4.13. The molecule has 74 valence electrons. The molecular weight excluding hydrogens is 190 g/mol. The molecule has 0 fully saturated rings. The van der Waals surface area contributed by atoms with Crippen LogP contribution in [-0.2, 0) is 7.05 Å². The van der Waals surface area contributed by atoms with Gasteiger partial charge in [0.05, 0.1) is 5.69 Å². The van der Waals surface area contributed by atoms with E-state index in [1.165, 1.54) is 0 Å². The second kappa shape index (κ2) is 4.09. The van der Waals surface area contributed by atoms with Crippen LogP contribution in [0.25, 0.3) is 0 Å². The van der Waals surface area contributed by atoms with Crippen molar-refractivity contribution in [3.8, 4) is 0 Å². The summed E-state index contributed by atoms with van der Waals surface area (Å²) in [5, 5.41) is 13.4. The molecule has 0 aromatic carbocycles. The molecule has 1 heterocycles. The Morgan fingerprint density at radius 1 is 1.69 bits per heavy atom. The molecule has 1 rings (SSSR count). The van der Waals surface area contributed by atoms with Gasteiger partial charge in [0.25, 0.3) is 0 Å². The molecule has 5 heteroatoms. The number of aryl methyl sites for hydroxylation is 2. The van der Waals surface area contributed by atoms with Gasteiger partial charge in [-0.05, 0) is 13.3 Å². The quantitative estimate of drug-likeness (QED) is 0.763. The molecule has 0 radical (unpaired) electrons. The lowest BCUT2D eigenvalue weighted by Gasteiger charge is -2.09. The van der Waals surface area contributed by atoms with Crippen molar-refractivity contribution in [3.63, 3.8) is 0 Å². The van der Waals surface area contributed by atoms with E-state index in [0.29, 0.717) is 11.6 Å². The van der Waals surface area contributed by atoms with Gasteiger partial charge >= 0.3 is 0 Å². The van der Waals surface area contributed by atoms with Crippen molar-refractivity contribution in [2.75, 3.05) is 6.61 Å². The van der Waals surface area contributed by atoms with Crippen LogP contribution in [0.3, 0.4) is 0 Å². The van der Waals surface area contributed by atoms with Crippen molar-refractivity contribution >= 4 is 11.6 Å². The van der Waals surface area contributed by atoms with Gasteiger partial charge in [0.1, 0.15) is 5.15 Å². The van der Waals surface area contributed by atoms with Gasteiger partial charge in [0, 0.05) is 25.3 Å². The Morgan fingerprint density at radius 3 is 2.69 bits per heavy atom. The molecule has 0 saturated heterocycles. The van der Waals surface area contributed by atoms with Gasteiger partial charge in [-0.2, -0.15) is 5.10 Å². The topological polar surface area (TPSA) is 64.1 Å². The largest absolute Gasteiger partial charge is 0.396 e. The maximum Gasteiger partial charge on any atom is 0.131 e. The third-order valence-electron chi connectivity index (χ3n) is 2.01. The second-order valence-electron chi connectivity index (χ2n) is 3.03. The fourth-order valence-electron chi connectivity index (χ4n) is 1.35. The summed E-state index contributed by atoms with van der Waals surface area (Å²) in [5.41, 5.74) is 7.48. The molecule has 0 aliphatic rings. The highest BCUT2D eigenvalue weighted by molar-refractivity contribution is 6.30. The lowest BCUT2D eigenvalue weighted by atomic mass is 10.1. The lowest BCUT2D eigenvalue weighted by molar-refractivity contribution is 0.276. The predicted molar refractivity (Wildman–Crippen MR) is 51.6 cm³/mol. The summed E-state index contributed by atoms with van der Waals surface area (Å²) in [7, 11) is 1.77. The number of nitrogens with two attached hydrogens (primary N) is 1. The Kier molecular flexibility index (Phi) is 3.30. The lowest BCUT2D eigenvalue weighted by Crippen LogP contribution is -2.12. The molecule has 1 aromatic rings. The van der Waals surface area contributed by atoms with E-state index in [4.69, 9.17) is 22.4 Å². The SMILES string of the molecule is Cc1nn(C)c(Cl)c1C(N)CCO. The van der Waals surface area contributed by atoms with Crippen LogP contribution in [-0.4, -0.2) is 21.5 Å². The van der Waals surface area contributed by atoms with Crippen LogP contribution in [0, 0.1) is 6.92 Å². The molecule has 1 atom stereocenters. The summed E-state index contributed by atoms with van der Waals surface area (Å²) in [6, 6.07) is -0.230. The molecule has 4 nitrogen and oxygen atoms in total. The van der Waals surface area contributed by atoms with E-state index < -0.39 is 0 Å². The molecule has 0 aliphatic carbocycles. The zero-order valence-electron chi connectivity index (χ0n) is 7.79. The van der Waals surface area contributed by atoms with E-state index in [-0.39, 0.29) is 12.6 Å². The predicted octanol–water partition coefficient (Wildman–Crippen LogP) is 0.764. The van der Waals surface area contributed by atoms with Gasteiger partial charge in [-0.3, -0.25) is 4.68 Å². The summed E-state index contributed by atoms with van der Waals surface area (Å²) in [4.78, 5) is 0.